The Labute approximate surface area is 88.5 Å². The zero-order chi connectivity index (χ0) is 11.3. The quantitative estimate of drug-likeness (QED) is 0.605. The molecule has 0 aliphatic heterocycles. The van der Waals surface area contributed by atoms with Gasteiger partial charge in [-0.15, -0.1) is 0 Å². The number of hydrogen-bond donors (Lipinski definition) is 3. The minimum atomic E-state index is -1.00. The third-order valence-electron chi connectivity index (χ3n) is 2.35. The van der Waals surface area contributed by atoms with Gasteiger partial charge in [0.1, 0.15) is 6.04 Å². The van der Waals surface area contributed by atoms with Crippen molar-refractivity contribution in [2.45, 2.75) is 38.3 Å². The van der Waals surface area contributed by atoms with Crippen molar-refractivity contribution in [1.82, 2.24) is 10.6 Å². The molecule has 0 saturated carbocycles. The van der Waals surface area contributed by atoms with Crippen LogP contribution >= 0.6 is 0 Å². The molecule has 1 aliphatic rings. The standard InChI is InChI=1S/C10H16N2O3/c1-2-8(9(13)14)12-10(15)11-7-5-3-4-6-7/h3-4,7-8H,2,5-6H2,1H3,(H,13,14)(H2,11,12,15)/t8-/m0/s1. The lowest BCUT2D eigenvalue weighted by Gasteiger charge is -2.16. The predicted molar refractivity (Wildman–Crippen MR) is 55.5 cm³/mol. The van der Waals surface area contributed by atoms with Gasteiger partial charge < -0.3 is 15.7 Å². The maximum atomic E-state index is 11.4. The summed E-state index contributed by atoms with van der Waals surface area (Å²) in [4.78, 5) is 22.0. The van der Waals surface area contributed by atoms with Gasteiger partial charge >= 0.3 is 12.0 Å². The molecule has 5 heteroatoms. The molecule has 2 amide bonds. The van der Waals surface area contributed by atoms with Crippen LogP contribution in [0, 0.1) is 0 Å². The van der Waals surface area contributed by atoms with E-state index in [9.17, 15) is 9.59 Å². The highest BCUT2D eigenvalue weighted by Crippen LogP contribution is 2.08. The molecule has 1 rings (SSSR count). The molecule has 0 bridgehead atoms. The number of carboxylic acid groups (broad SMARTS) is 1. The molecule has 0 aromatic heterocycles. The number of amides is 2. The lowest BCUT2D eigenvalue weighted by atomic mass is 10.2. The van der Waals surface area contributed by atoms with Crippen LogP contribution in [0.3, 0.4) is 0 Å². The Hall–Kier alpha value is -1.52. The summed E-state index contributed by atoms with van der Waals surface area (Å²) in [7, 11) is 0. The average Bonchev–Trinajstić information content (AvgIpc) is 2.66. The summed E-state index contributed by atoms with van der Waals surface area (Å²) in [6, 6.07) is -1.10. The summed E-state index contributed by atoms with van der Waals surface area (Å²) < 4.78 is 0. The van der Waals surface area contributed by atoms with Gasteiger partial charge in [-0.3, -0.25) is 0 Å². The summed E-state index contributed by atoms with van der Waals surface area (Å²) in [6.45, 7) is 1.72. The fraction of sp³-hybridized carbons (Fsp3) is 0.600. The van der Waals surface area contributed by atoms with Crippen molar-refractivity contribution in [3.05, 3.63) is 12.2 Å². The number of carboxylic acids is 1. The van der Waals surface area contributed by atoms with Crippen molar-refractivity contribution in [2.24, 2.45) is 0 Å². The van der Waals surface area contributed by atoms with Crippen molar-refractivity contribution in [3.63, 3.8) is 0 Å². The van der Waals surface area contributed by atoms with Crippen molar-refractivity contribution in [2.75, 3.05) is 0 Å². The van der Waals surface area contributed by atoms with Gasteiger partial charge in [0, 0.05) is 6.04 Å². The van der Waals surface area contributed by atoms with Gasteiger partial charge in [0.25, 0.3) is 0 Å². The number of nitrogens with one attached hydrogen (secondary N) is 2. The molecule has 0 aromatic carbocycles. The smallest absolute Gasteiger partial charge is 0.326 e. The molecule has 0 fully saturated rings. The second kappa shape index (κ2) is 5.38. The topological polar surface area (TPSA) is 78.4 Å². The Morgan fingerprint density at radius 2 is 2.07 bits per heavy atom. The van der Waals surface area contributed by atoms with Crippen molar-refractivity contribution >= 4 is 12.0 Å². The van der Waals surface area contributed by atoms with Gasteiger partial charge in [-0.1, -0.05) is 19.1 Å². The van der Waals surface area contributed by atoms with E-state index in [4.69, 9.17) is 5.11 Å². The van der Waals surface area contributed by atoms with Crippen molar-refractivity contribution in [3.8, 4) is 0 Å². The van der Waals surface area contributed by atoms with Crippen LogP contribution in [0.25, 0.3) is 0 Å². The molecule has 0 heterocycles. The Kier molecular flexibility index (Phi) is 4.15. The molecule has 1 aliphatic carbocycles. The summed E-state index contributed by atoms with van der Waals surface area (Å²) in [6.07, 6.45) is 6.01. The fourth-order valence-corrected chi connectivity index (χ4v) is 1.46. The van der Waals surface area contributed by atoms with E-state index >= 15 is 0 Å². The van der Waals surface area contributed by atoms with Crippen LogP contribution in [-0.2, 0) is 4.79 Å². The Balaban J connectivity index is 2.30. The van der Waals surface area contributed by atoms with Crippen LogP contribution in [0.4, 0.5) is 4.79 Å². The number of carbonyl (C=O) groups is 2. The maximum absolute atomic E-state index is 11.4. The molecular weight excluding hydrogens is 196 g/mol. The third-order valence-corrected chi connectivity index (χ3v) is 2.35. The molecule has 0 saturated heterocycles. The highest BCUT2D eigenvalue weighted by Gasteiger charge is 2.19. The minimum Gasteiger partial charge on any atom is -0.480 e. The van der Waals surface area contributed by atoms with Gasteiger partial charge in [0.05, 0.1) is 0 Å². The number of urea groups is 1. The molecule has 15 heavy (non-hydrogen) atoms. The molecule has 5 nitrogen and oxygen atoms in total. The van der Waals surface area contributed by atoms with Crippen LogP contribution in [-0.4, -0.2) is 29.2 Å². The second-order valence-corrected chi connectivity index (χ2v) is 3.56. The molecular formula is C10H16N2O3. The first kappa shape index (κ1) is 11.6. The Morgan fingerprint density at radius 3 is 2.53 bits per heavy atom. The average molecular weight is 212 g/mol. The van der Waals surface area contributed by atoms with Crippen molar-refractivity contribution in [1.29, 1.82) is 0 Å². The monoisotopic (exact) mass is 212 g/mol. The number of carbonyl (C=O) groups excluding carboxylic acids is 1. The van der Waals surface area contributed by atoms with E-state index in [1.807, 2.05) is 12.2 Å². The Morgan fingerprint density at radius 1 is 1.47 bits per heavy atom. The number of aliphatic carboxylic acids is 1. The van der Waals surface area contributed by atoms with E-state index in [1.165, 1.54) is 0 Å². The van der Waals surface area contributed by atoms with E-state index in [0.717, 1.165) is 12.8 Å². The summed E-state index contributed by atoms with van der Waals surface area (Å²) >= 11 is 0. The van der Waals surface area contributed by atoms with E-state index in [-0.39, 0.29) is 6.04 Å². The summed E-state index contributed by atoms with van der Waals surface area (Å²) in [5.74, 6) is -1.00. The SMILES string of the molecule is CC[C@H](NC(=O)NC1CC=CC1)C(=O)O. The van der Waals surface area contributed by atoms with Gasteiger partial charge in [-0.2, -0.15) is 0 Å². The minimum absolute atomic E-state index is 0.108. The van der Waals surface area contributed by atoms with Crippen molar-refractivity contribution < 1.29 is 14.7 Å². The molecule has 3 N–H and O–H groups in total. The Bertz CT molecular complexity index is 268. The molecule has 0 aromatic rings. The van der Waals surface area contributed by atoms with Crippen LogP contribution in [0.1, 0.15) is 26.2 Å². The molecule has 0 spiro atoms. The van der Waals surface area contributed by atoms with E-state index in [0.29, 0.717) is 6.42 Å². The zero-order valence-electron chi connectivity index (χ0n) is 8.69. The molecule has 1 atom stereocenters. The summed E-state index contributed by atoms with van der Waals surface area (Å²) in [5, 5.41) is 13.9. The van der Waals surface area contributed by atoms with Crippen LogP contribution in [0.2, 0.25) is 0 Å². The highest BCUT2D eigenvalue weighted by molar-refractivity contribution is 5.82. The van der Waals surface area contributed by atoms with Gasteiger partial charge in [-0.05, 0) is 19.3 Å². The van der Waals surface area contributed by atoms with Gasteiger partial charge in [0.2, 0.25) is 0 Å². The fourth-order valence-electron chi connectivity index (χ4n) is 1.46. The highest BCUT2D eigenvalue weighted by atomic mass is 16.4. The zero-order valence-corrected chi connectivity index (χ0v) is 8.69. The molecule has 0 radical (unpaired) electrons. The lowest BCUT2D eigenvalue weighted by molar-refractivity contribution is -0.139. The normalized spacial score (nSPS) is 17.4. The predicted octanol–water partition coefficient (Wildman–Crippen LogP) is 0.867. The van der Waals surface area contributed by atoms with Gasteiger partial charge in [-0.25, -0.2) is 9.59 Å². The number of hydrogen-bond acceptors (Lipinski definition) is 2. The van der Waals surface area contributed by atoms with E-state index in [2.05, 4.69) is 10.6 Å². The third kappa shape index (κ3) is 3.61. The van der Waals surface area contributed by atoms with Gasteiger partial charge in [0.15, 0.2) is 0 Å². The first-order valence-electron chi connectivity index (χ1n) is 5.08. The summed E-state index contributed by atoms with van der Waals surface area (Å²) in [5.41, 5.74) is 0. The van der Waals surface area contributed by atoms with Crippen LogP contribution in [0.5, 0.6) is 0 Å². The lowest BCUT2D eigenvalue weighted by Crippen LogP contribution is -2.48. The second-order valence-electron chi connectivity index (χ2n) is 3.56. The first-order chi connectivity index (χ1) is 7.13. The van der Waals surface area contributed by atoms with Crippen LogP contribution in [0.15, 0.2) is 12.2 Å². The maximum Gasteiger partial charge on any atom is 0.326 e. The van der Waals surface area contributed by atoms with E-state index < -0.39 is 18.0 Å². The number of rotatable bonds is 4. The van der Waals surface area contributed by atoms with Crippen LogP contribution < -0.4 is 10.6 Å². The molecule has 84 valence electrons. The largest absolute Gasteiger partial charge is 0.480 e. The first-order valence-corrected chi connectivity index (χ1v) is 5.08. The van der Waals surface area contributed by atoms with E-state index in [1.54, 1.807) is 6.92 Å². The molecule has 0 unspecified atom stereocenters.